The lowest BCUT2D eigenvalue weighted by Gasteiger charge is -2.28. The number of likely N-dealkylation sites (N-methyl/N-ethyl adjacent to an activating group) is 1. The first kappa shape index (κ1) is 56.0. The predicted octanol–water partition coefficient (Wildman–Crippen LogP) is 13.5. The van der Waals surface area contributed by atoms with Gasteiger partial charge in [-0.15, -0.1) is 0 Å². The van der Waals surface area contributed by atoms with Crippen LogP contribution in [0.15, 0.2) is 0 Å². The lowest BCUT2D eigenvalue weighted by atomic mass is 9.91. The minimum Gasteiger partial charge on any atom is -0.756 e. The summed E-state index contributed by atoms with van der Waals surface area (Å²) >= 11 is 0. The third-order valence-corrected chi connectivity index (χ3v) is 12.9. The topological polar surface area (TPSA) is 77.1 Å². The molecule has 0 aromatic heterocycles. The van der Waals surface area contributed by atoms with E-state index < -0.39 is 13.9 Å². The monoisotopic (exact) mass is 818 g/mol. The zero-order valence-corrected chi connectivity index (χ0v) is 40.8. The Labute approximate surface area is 351 Å². The van der Waals surface area contributed by atoms with Gasteiger partial charge in [0.2, 0.25) is 0 Å². The Morgan fingerprint density at radius 3 is 1.14 bits per heavy atom. The van der Waals surface area contributed by atoms with E-state index in [4.69, 9.17) is 18.5 Å². The van der Waals surface area contributed by atoms with Crippen LogP contribution in [-0.2, 0) is 23.1 Å². The van der Waals surface area contributed by atoms with Gasteiger partial charge in [-0.05, 0) is 60.2 Å². The van der Waals surface area contributed by atoms with Crippen LogP contribution in [0.25, 0.3) is 0 Å². The van der Waals surface area contributed by atoms with Crippen LogP contribution in [-0.4, -0.2) is 71.3 Å². The van der Waals surface area contributed by atoms with Crippen molar-refractivity contribution in [2.24, 2.45) is 47.3 Å². The molecule has 0 aromatic carbocycles. The van der Waals surface area contributed by atoms with Crippen LogP contribution < -0.4 is 4.89 Å². The van der Waals surface area contributed by atoms with Crippen LogP contribution in [0.1, 0.15) is 198 Å². The van der Waals surface area contributed by atoms with Gasteiger partial charge in [0.05, 0.1) is 34.4 Å². The highest BCUT2D eigenvalue weighted by Crippen LogP contribution is 2.38. The molecule has 4 unspecified atom stereocenters. The molecule has 0 rings (SSSR count). The number of phosphoric acid groups is 1. The first-order valence-corrected chi connectivity index (χ1v) is 25.3. The van der Waals surface area contributed by atoms with E-state index in [2.05, 4.69) is 69.2 Å². The van der Waals surface area contributed by atoms with Crippen LogP contribution in [0.4, 0.5) is 0 Å². The van der Waals surface area contributed by atoms with E-state index in [0.29, 0.717) is 42.7 Å². The van der Waals surface area contributed by atoms with Crippen LogP contribution >= 0.6 is 7.82 Å². The summed E-state index contributed by atoms with van der Waals surface area (Å²) in [6.45, 7) is 25.8. The van der Waals surface area contributed by atoms with Crippen molar-refractivity contribution in [2.75, 3.05) is 60.7 Å². The standard InChI is InChI=1S/C48H100NO6P/c1-40(2)20-14-22-42(5)24-16-26-44(7)28-18-30-46(9)32-35-52-38-48(39-55-56(50,51)54-37-34-49(11,12)13)53-36-33-47(10)31-19-29-45(8)27-17-25-43(6)23-15-21-41(3)4/h40-48H,14-39H2,1-13H3/t42-,43-,44-,45-,46?,47?,48?/m1/s1. The highest BCUT2D eigenvalue weighted by Gasteiger charge is 2.19. The fourth-order valence-corrected chi connectivity index (χ4v) is 8.32. The molecule has 0 spiro atoms. The quantitative estimate of drug-likeness (QED) is 0.0348. The fourth-order valence-electron chi connectivity index (χ4n) is 7.59. The maximum absolute atomic E-state index is 12.5. The van der Waals surface area contributed by atoms with Crippen molar-refractivity contribution in [3.05, 3.63) is 0 Å². The largest absolute Gasteiger partial charge is 0.756 e. The van der Waals surface area contributed by atoms with Gasteiger partial charge in [0.1, 0.15) is 19.3 Å². The lowest BCUT2D eigenvalue weighted by Crippen LogP contribution is -2.37. The number of phosphoric ester groups is 1. The van der Waals surface area contributed by atoms with Gasteiger partial charge < -0.3 is 27.9 Å². The van der Waals surface area contributed by atoms with E-state index in [1.165, 1.54) is 116 Å². The van der Waals surface area contributed by atoms with Gasteiger partial charge in [-0.1, -0.05) is 185 Å². The Morgan fingerprint density at radius 1 is 0.446 bits per heavy atom. The Balaban J connectivity index is 4.55. The smallest absolute Gasteiger partial charge is 0.268 e. The molecule has 0 radical (unpaired) electrons. The van der Waals surface area contributed by atoms with Gasteiger partial charge in [-0.3, -0.25) is 4.57 Å². The maximum atomic E-state index is 12.5. The van der Waals surface area contributed by atoms with Crippen molar-refractivity contribution < 1.29 is 32.5 Å². The van der Waals surface area contributed by atoms with E-state index in [0.717, 1.165) is 48.3 Å². The van der Waals surface area contributed by atoms with E-state index in [1.807, 2.05) is 21.1 Å². The number of rotatable bonds is 40. The van der Waals surface area contributed by atoms with Crippen LogP contribution in [0.5, 0.6) is 0 Å². The summed E-state index contributed by atoms with van der Waals surface area (Å²) in [4.78, 5) is 12.5. The summed E-state index contributed by atoms with van der Waals surface area (Å²) in [5.41, 5.74) is 0. The second-order valence-electron chi connectivity index (χ2n) is 20.7. The summed E-state index contributed by atoms with van der Waals surface area (Å²) in [6.07, 6.45) is 25.4. The summed E-state index contributed by atoms with van der Waals surface area (Å²) in [5, 5.41) is 0. The molecule has 0 saturated carbocycles. The molecular formula is C48H100NO6P. The molecular weight excluding hydrogens is 718 g/mol. The molecule has 0 bridgehead atoms. The molecule has 338 valence electrons. The second kappa shape index (κ2) is 33.7. The van der Waals surface area contributed by atoms with Gasteiger partial charge in [-0.2, -0.15) is 0 Å². The number of hydrogen-bond donors (Lipinski definition) is 0. The molecule has 0 aliphatic carbocycles. The molecule has 0 fully saturated rings. The van der Waals surface area contributed by atoms with E-state index >= 15 is 0 Å². The number of hydrogen-bond acceptors (Lipinski definition) is 6. The second-order valence-corrected chi connectivity index (χ2v) is 22.2. The highest BCUT2D eigenvalue weighted by atomic mass is 31.2. The summed E-state index contributed by atoms with van der Waals surface area (Å²) < 4.78 is 35.9. The first-order chi connectivity index (χ1) is 26.3. The molecule has 0 N–H and O–H groups in total. The van der Waals surface area contributed by atoms with Crippen molar-refractivity contribution in [2.45, 2.75) is 204 Å². The van der Waals surface area contributed by atoms with Crippen LogP contribution in [0, 0.1) is 47.3 Å². The minimum atomic E-state index is -4.42. The van der Waals surface area contributed by atoms with Gasteiger partial charge >= 0.3 is 0 Å². The predicted molar refractivity (Wildman–Crippen MR) is 240 cm³/mol. The number of quaternary nitrogens is 1. The van der Waals surface area contributed by atoms with Gasteiger partial charge in [0.25, 0.3) is 7.82 Å². The molecule has 8 atom stereocenters. The number of ether oxygens (including phenoxy) is 2. The Kier molecular flexibility index (Phi) is 33.7. The van der Waals surface area contributed by atoms with E-state index in [1.54, 1.807) is 0 Å². The van der Waals surface area contributed by atoms with Crippen molar-refractivity contribution in [3.8, 4) is 0 Å². The first-order valence-electron chi connectivity index (χ1n) is 23.9. The molecule has 0 amide bonds. The zero-order chi connectivity index (χ0) is 42.4. The van der Waals surface area contributed by atoms with Gasteiger partial charge in [0, 0.05) is 13.2 Å². The summed E-state index contributed by atoms with van der Waals surface area (Å²) in [6, 6.07) is 0. The van der Waals surface area contributed by atoms with Gasteiger partial charge in [-0.25, -0.2) is 0 Å². The van der Waals surface area contributed by atoms with Crippen molar-refractivity contribution in [1.29, 1.82) is 0 Å². The Hall–Kier alpha value is -0.0100. The van der Waals surface area contributed by atoms with Crippen LogP contribution in [0.3, 0.4) is 0 Å². The normalized spacial score (nSPS) is 17.5. The Bertz CT molecular complexity index is 926. The molecule has 8 heteroatoms. The fraction of sp³-hybridized carbons (Fsp3) is 1.00. The average molecular weight is 818 g/mol. The van der Waals surface area contributed by atoms with Crippen LogP contribution in [0.2, 0.25) is 0 Å². The Morgan fingerprint density at radius 2 is 0.786 bits per heavy atom. The lowest BCUT2D eigenvalue weighted by molar-refractivity contribution is -0.870. The molecule has 56 heavy (non-hydrogen) atoms. The molecule has 0 aromatic rings. The van der Waals surface area contributed by atoms with Crippen molar-refractivity contribution in [1.82, 2.24) is 0 Å². The molecule has 0 saturated heterocycles. The van der Waals surface area contributed by atoms with Crippen molar-refractivity contribution >= 4 is 7.82 Å². The highest BCUT2D eigenvalue weighted by molar-refractivity contribution is 7.45. The molecule has 7 nitrogen and oxygen atoms in total. The zero-order valence-electron chi connectivity index (χ0n) is 39.9. The molecule has 0 aliphatic rings. The van der Waals surface area contributed by atoms with E-state index in [9.17, 15) is 9.46 Å². The average Bonchev–Trinajstić information content (AvgIpc) is 3.07. The van der Waals surface area contributed by atoms with E-state index in [-0.39, 0.29) is 13.2 Å². The third kappa shape index (κ3) is 38.2. The summed E-state index contributed by atoms with van der Waals surface area (Å²) in [5.74, 6) is 6.10. The summed E-state index contributed by atoms with van der Waals surface area (Å²) in [7, 11) is 1.58. The minimum absolute atomic E-state index is 0.0858. The molecule has 0 aliphatic heterocycles. The maximum Gasteiger partial charge on any atom is 0.268 e. The van der Waals surface area contributed by atoms with Gasteiger partial charge in [0.15, 0.2) is 0 Å². The SMILES string of the molecule is CC(C)CCC[C@@H](C)CCC[C@@H](C)CCCC(C)CCOCC(COP(=O)([O-])OCC[N+](C)(C)C)OCCC(C)CCC[C@H](C)CCC[C@H](C)CCCC(C)C. The van der Waals surface area contributed by atoms with Crippen molar-refractivity contribution in [3.63, 3.8) is 0 Å². The molecule has 0 heterocycles. The third-order valence-electron chi connectivity index (χ3n) is 12.0. The number of nitrogens with zero attached hydrogens (tertiary/aromatic N) is 1.